The molecule has 5 rings (SSSR count). The van der Waals surface area contributed by atoms with E-state index in [0.29, 0.717) is 12.2 Å². The van der Waals surface area contributed by atoms with Crippen LogP contribution in [0.4, 0.5) is 5.82 Å². The van der Waals surface area contributed by atoms with Crippen LogP contribution in [-0.2, 0) is 24.1 Å². The smallest absolute Gasteiger partial charge is 0.229 e. The number of nitrogens with zero attached hydrogens (tertiary/aromatic N) is 3. The van der Waals surface area contributed by atoms with Crippen LogP contribution < -0.4 is 5.32 Å². The maximum Gasteiger partial charge on any atom is 0.229 e. The molecule has 30 heavy (non-hydrogen) atoms. The number of hydrogen-bond donors (Lipinski definition) is 1. The fraction of sp³-hybridized carbons (Fsp3) is 0.292. The zero-order valence-electron chi connectivity index (χ0n) is 17.2. The molecule has 0 saturated heterocycles. The molecule has 1 N–H and O–H groups in total. The second-order valence-corrected chi connectivity index (χ2v) is 9.09. The minimum atomic E-state index is -0.0587. The normalized spacial score (nSPS) is 13.4. The van der Waals surface area contributed by atoms with Crippen LogP contribution in [0.2, 0.25) is 0 Å². The topological polar surface area (TPSA) is 59.8 Å². The van der Waals surface area contributed by atoms with Gasteiger partial charge in [-0.25, -0.2) is 4.98 Å². The number of carbonyl (C=O) groups is 1. The lowest BCUT2D eigenvalue weighted by atomic mass is 9.92. The van der Waals surface area contributed by atoms with E-state index < -0.39 is 0 Å². The molecule has 1 amide bonds. The monoisotopic (exact) mass is 416 g/mol. The molecule has 4 aromatic rings. The number of hydrogen-bond acceptors (Lipinski definition) is 4. The fourth-order valence-electron chi connectivity index (χ4n) is 4.05. The zero-order valence-corrected chi connectivity index (χ0v) is 18.1. The van der Waals surface area contributed by atoms with Gasteiger partial charge >= 0.3 is 0 Å². The second kappa shape index (κ2) is 7.69. The molecule has 0 atom stereocenters. The fourth-order valence-corrected chi connectivity index (χ4v) is 5.02. The highest BCUT2D eigenvalue weighted by Gasteiger charge is 2.17. The Balaban J connectivity index is 1.43. The molecule has 6 heteroatoms. The molecule has 2 aromatic carbocycles. The Hall–Kier alpha value is -2.99. The van der Waals surface area contributed by atoms with E-state index in [9.17, 15) is 4.79 Å². The van der Waals surface area contributed by atoms with Crippen molar-refractivity contribution in [3.05, 3.63) is 70.4 Å². The largest absolute Gasteiger partial charge is 0.310 e. The molecule has 0 spiro atoms. The van der Waals surface area contributed by atoms with Gasteiger partial charge < -0.3 is 5.32 Å². The number of rotatable bonds is 4. The van der Waals surface area contributed by atoms with Gasteiger partial charge in [0.15, 0.2) is 0 Å². The molecule has 2 aromatic heterocycles. The molecular formula is C24H24N4OS. The summed E-state index contributed by atoms with van der Waals surface area (Å²) >= 11 is 1.62. The van der Waals surface area contributed by atoms with E-state index in [-0.39, 0.29) is 5.91 Å². The first-order valence-corrected chi connectivity index (χ1v) is 11.2. The third kappa shape index (κ3) is 3.75. The maximum absolute atomic E-state index is 12.6. The Morgan fingerprint density at radius 2 is 1.80 bits per heavy atom. The van der Waals surface area contributed by atoms with Crippen molar-refractivity contribution in [2.45, 2.75) is 46.0 Å². The lowest BCUT2D eigenvalue weighted by molar-refractivity contribution is -0.115. The lowest BCUT2D eigenvalue weighted by Gasteiger charge is -2.14. The zero-order chi connectivity index (χ0) is 20.7. The Morgan fingerprint density at radius 1 is 1.07 bits per heavy atom. The van der Waals surface area contributed by atoms with Crippen LogP contribution in [0.15, 0.2) is 42.5 Å². The van der Waals surface area contributed by atoms with Crippen LogP contribution in [0.25, 0.3) is 15.3 Å². The van der Waals surface area contributed by atoms with Gasteiger partial charge in [-0.3, -0.25) is 4.79 Å². The number of thiazole rings is 1. The van der Waals surface area contributed by atoms with Crippen molar-refractivity contribution in [2.75, 3.05) is 5.32 Å². The number of fused-ring (bicyclic) bond motifs is 2. The summed E-state index contributed by atoms with van der Waals surface area (Å²) in [5.74, 6) is 0.602. The summed E-state index contributed by atoms with van der Waals surface area (Å²) in [7, 11) is 0. The van der Waals surface area contributed by atoms with E-state index in [1.807, 2.05) is 44.2 Å². The van der Waals surface area contributed by atoms with Gasteiger partial charge in [0.25, 0.3) is 0 Å². The Kier molecular flexibility index (Phi) is 4.87. The molecule has 0 aliphatic heterocycles. The van der Waals surface area contributed by atoms with Crippen molar-refractivity contribution in [2.24, 2.45) is 0 Å². The highest BCUT2D eigenvalue weighted by Crippen LogP contribution is 2.32. The summed E-state index contributed by atoms with van der Waals surface area (Å²) in [5.41, 5.74) is 6.91. The van der Waals surface area contributed by atoms with Gasteiger partial charge in [0.2, 0.25) is 11.0 Å². The van der Waals surface area contributed by atoms with E-state index in [2.05, 4.69) is 22.5 Å². The third-order valence-electron chi connectivity index (χ3n) is 5.61. The van der Waals surface area contributed by atoms with Gasteiger partial charge in [-0.15, -0.1) is 0 Å². The first-order chi connectivity index (χ1) is 14.5. The molecule has 1 aliphatic carbocycles. The highest BCUT2D eigenvalue weighted by molar-refractivity contribution is 7.20. The SMILES string of the molecule is Cc1ccc(CC(=O)Nc2cc(C)nn2-c2nc3cc4c(cc3s2)CCCC4)cc1. The minimum Gasteiger partial charge on any atom is -0.310 e. The Labute approximate surface area is 179 Å². The van der Waals surface area contributed by atoms with Crippen molar-refractivity contribution in [3.8, 4) is 5.13 Å². The number of anilines is 1. The average Bonchev–Trinajstić information content (AvgIpc) is 3.30. The maximum atomic E-state index is 12.6. The van der Waals surface area contributed by atoms with Crippen LogP contribution in [0, 0.1) is 13.8 Å². The number of nitrogens with one attached hydrogen (secondary N) is 1. The Morgan fingerprint density at radius 3 is 2.57 bits per heavy atom. The molecule has 0 radical (unpaired) electrons. The van der Waals surface area contributed by atoms with Crippen LogP contribution in [0.5, 0.6) is 0 Å². The predicted molar refractivity (Wildman–Crippen MR) is 122 cm³/mol. The van der Waals surface area contributed by atoms with E-state index in [1.54, 1.807) is 16.0 Å². The van der Waals surface area contributed by atoms with Crippen LogP contribution in [0.1, 0.15) is 40.8 Å². The van der Waals surface area contributed by atoms with Gasteiger partial charge in [-0.05, 0) is 68.4 Å². The average molecular weight is 417 g/mol. The summed E-state index contributed by atoms with van der Waals surface area (Å²) in [6.07, 6.45) is 5.14. The van der Waals surface area contributed by atoms with Gasteiger partial charge in [0.1, 0.15) is 5.82 Å². The van der Waals surface area contributed by atoms with Crippen LogP contribution in [-0.4, -0.2) is 20.7 Å². The van der Waals surface area contributed by atoms with Crippen LogP contribution >= 0.6 is 11.3 Å². The predicted octanol–water partition coefficient (Wildman–Crippen LogP) is 5.16. The molecule has 0 saturated carbocycles. The standard InChI is InChI=1S/C24H24N4OS/c1-15-7-9-17(10-8-15)12-23(29)26-22-11-16(2)27-28(22)24-25-20-13-18-5-3-4-6-19(18)14-21(20)30-24/h7-11,13-14H,3-6,12H2,1-2H3,(H,26,29). The number of carbonyl (C=O) groups excluding carboxylic acids is 1. The number of benzene rings is 2. The van der Waals surface area contributed by atoms with E-state index in [0.717, 1.165) is 34.7 Å². The minimum absolute atomic E-state index is 0.0587. The first-order valence-electron chi connectivity index (χ1n) is 10.4. The Bertz CT molecular complexity index is 1190. The van der Waals surface area contributed by atoms with E-state index in [1.165, 1.54) is 34.2 Å². The van der Waals surface area contributed by atoms with Crippen molar-refractivity contribution in [1.82, 2.24) is 14.8 Å². The molecule has 1 aliphatic rings. The molecule has 152 valence electrons. The van der Waals surface area contributed by atoms with Crippen molar-refractivity contribution in [1.29, 1.82) is 0 Å². The van der Waals surface area contributed by atoms with Crippen molar-refractivity contribution >= 4 is 33.3 Å². The number of amides is 1. The number of aryl methyl sites for hydroxylation is 4. The summed E-state index contributed by atoms with van der Waals surface area (Å²) in [5, 5.41) is 8.40. The van der Waals surface area contributed by atoms with E-state index >= 15 is 0 Å². The molecule has 5 nitrogen and oxygen atoms in total. The molecule has 0 bridgehead atoms. The molecule has 0 unspecified atom stereocenters. The first kappa shape index (κ1) is 19.0. The van der Waals surface area contributed by atoms with Gasteiger partial charge in [-0.2, -0.15) is 9.78 Å². The van der Waals surface area contributed by atoms with Crippen LogP contribution in [0.3, 0.4) is 0 Å². The third-order valence-corrected chi connectivity index (χ3v) is 6.60. The van der Waals surface area contributed by atoms with Gasteiger partial charge in [0.05, 0.1) is 22.3 Å². The van der Waals surface area contributed by atoms with Gasteiger partial charge in [-0.1, -0.05) is 41.2 Å². The van der Waals surface area contributed by atoms with E-state index in [4.69, 9.17) is 4.98 Å². The van der Waals surface area contributed by atoms with Crippen molar-refractivity contribution in [3.63, 3.8) is 0 Å². The summed E-state index contributed by atoms with van der Waals surface area (Å²) < 4.78 is 2.93. The molecule has 0 fully saturated rings. The molecular weight excluding hydrogens is 392 g/mol. The number of aromatic nitrogens is 3. The lowest BCUT2D eigenvalue weighted by Crippen LogP contribution is -2.17. The highest BCUT2D eigenvalue weighted by atomic mass is 32.1. The summed E-state index contributed by atoms with van der Waals surface area (Å²) in [4.78, 5) is 17.5. The summed E-state index contributed by atoms with van der Waals surface area (Å²) in [6.45, 7) is 3.97. The van der Waals surface area contributed by atoms with Crippen molar-refractivity contribution < 1.29 is 4.79 Å². The summed E-state index contributed by atoms with van der Waals surface area (Å²) in [6, 6.07) is 14.5. The second-order valence-electron chi connectivity index (χ2n) is 8.09. The molecule has 2 heterocycles. The van der Waals surface area contributed by atoms with Gasteiger partial charge in [0, 0.05) is 6.07 Å². The quantitative estimate of drug-likeness (QED) is 0.500.